The first kappa shape index (κ1) is 18.2. The van der Waals surface area contributed by atoms with Crippen LogP contribution in [-0.2, 0) is 16.0 Å². The summed E-state index contributed by atoms with van der Waals surface area (Å²) in [5.41, 5.74) is 8.79. The highest BCUT2D eigenvalue weighted by atomic mass is 32.1. The topological polar surface area (TPSA) is 96.4 Å². The van der Waals surface area contributed by atoms with Gasteiger partial charge in [0.25, 0.3) is 0 Å². The Morgan fingerprint density at radius 1 is 1.33 bits per heavy atom. The van der Waals surface area contributed by atoms with Gasteiger partial charge in [-0.05, 0) is 38.4 Å². The van der Waals surface area contributed by atoms with Gasteiger partial charge in [0.05, 0.1) is 12.3 Å². The average molecular weight is 351 g/mol. The Morgan fingerprint density at radius 3 is 2.62 bits per heavy atom. The lowest BCUT2D eigenvalue weighted by molar-refractivity contribution is 0.0475. The summed E-state index contributed by atoms with van der Waals surface area (Å²) in [4.78, 5) is 24.5. The fourth-order valence-electron chi connectivity index (χ4n) is 2.53. The van der Waals surface area contributed by atoms with Gasteiger partial charge < -0.3 is 19.8 Å². The van der Waals surface area contributed by atoms with E-state index in [0.717, 1.165) is 22.9 Å². The average Bonchev–Trinajstić information content (AvgIpc) is 3.02. The first-order chi connectivity index (χ1) is 11.4. The van der Waals surface area contributed by atoms with Crippen LogP contribution in [0.1, 0.15) is 37.8 Å². The van der Waals surface area contributed by atoms with E-state index in [-0.39, 0.29) is 18.0 Å². The molecule has 2 aromatic heterocycles. The summed E-state index contributed by atoms with van der Waals surface area (Å²) < 4.78 is 16.2. The summed E-state index contributed by atoms with van der Waals surface area (Å²) in [7, 11) is 1.63. The zero-order chi connectivity index (χ0) is 17.9. The number of nitrogens with zero attached hydrogens (tertiary/aromatic N) is 2. The number of ketones is 1. The third-order valence-electron chi connectivity index (χ3n) is 3.82. The number of aryl methyl sites for hydroxylation is 2. The number of hydrogen-bond donors (Lipinski definition) is 1. The molecule has 0 saturated heterocycles. The molecule has 0 radical (unpaired) electrons. The van der Waals surface area contributed by atoms with E-state index in [1.54, 1.807) is 20.1 Å². The Bertz CT molecular complexity index is 744. The van der Waals surface area contributed by atoms with Crippen molar-refractivity contribution in [3.63, 3.8) is 0 Å². The van der Waals surface area contributed by atoms with Crippen molar-refractivity contribution in [3.8, 4) is 0 Å². The normalized spacial score (nSPS) is 10.8. The molecule has 0 spiro atoms. The highest BCUT2D eigenvalue weighted by Gasteiger charge is 2.21. The fourth-order valence-corrected chi connectivity index (χ4v) is 3.18. The van der Waals surface area contributed by atoms with Crippen LogP contribution < -0.4 is 5.73 Å². The van der Waals surface area contributed by atoms with E-state index >= 15 is 0 Å². The van der Waals surface area contributed by atoms with Crippen LogP contribution >= 0.6 is 11.5 Å². The number of carbonyl (C=O) groups excluding carboxylic acids is 2. The molecule has 0 aliphatic rings. The minimum absolute atomic E-state index is 0.235. The lowest BCUT2D eigenvalue weighted by Crippen LogP contribution is -2.16. The maximum atomic E-state index is 12.4. The van der Waals surface area contributed by atoms with Crippen LogP contribution in [0.2, 0.25) is 0 Å². The van der Waals surface area contributed by atoms with Gasteiger partial charge >= 0.3 is 5.97 Å². The molecule has 8 heteroatoms. The monoisotopic (exact) mass is 351 g/mol. The van der Waals surface area contributed by atoms with Gasteiger partial charge in [0.15, 0.2) is 6.61 Å². The van der Waals surface area contributed by atoms with E-state index < -0.39 is 5.97 Å². The fraction of sp³-hybridized carbons (Fsp3) is 0.438. The lowest BCUT2D eigenvalue weighted by Gasteiger charge is -2.09. The number of methoxy groups -OCH3 is 1. The first-order valence-electron chi connectivity index (χ1n) is 7.44. The van der Waals surface area contributed by atoms with Crippen LogP contribution in [-0.4, -0.2) is 41.0 Å². The maximum Gasteiger partial charge on any atom is 0.343 e. The van der Waals surface area contributed by atoms with Crippen LogP contribution in [0.4, 0.5) is 5.00 Å². The smallest absolute Gasteiger partial charge is 0.343 e. The molecule has 24 heavy (non-hydrogen) atoms. The van der Waals surface area contributed by atoms with Gasteiger partial charge in [0.2, 0.25) is 5.78 Å². The standard InChI is InChI=1S/C16H21N3O4S/c1-9-7-12(11(3)19(9)5-6-22-4)13(20)8-23-16(21)14-10(2)18-24-15(14)17/h7H,5-6,8,17H2,1-4H3. The molecule has 2 heterocycles. The van der Waals surface area contributed by atoms with E-state index in [1.165, 1.54) is 0 Å². The van der Waals surface area contributed by atoms with Gasteiger partial charge in [-0.2, -0.15) is 4.37 Å². The third-order valence-corrected chi connectivity index (χ3v) is 4.59. The second-order valence-electron chi connectivity index (χ2n) is 5.44. The van der Waals surface area contributed by atoms with E-state index in [4.69, 9.17) is 15.2 Å². The van der Waals surface area contributed by atoms with Crippen molar-refractivity contribution >= 4 is 28.3 Å². The summed E-state index contributed by atoms with van der Waals surface area (Å²) in [6.45, 7) is 6.35. The van der Waals surface area contributed by atoms with Crippen molar-refractivity contribution in [1.29, 1.82) is 0 Å². The van der Waals surface area contributed by atoms with Crippen LogP contribution in [0.3, 0.4) is 0 Å². The Kier molecular flexibility index (Phi) is 5.74. The van der Waals surface area contributed by atoms with Crippen LogP contribution in [0.15, 0.2) is 6.07 Å². The Hall–Kier alpha value is -2.19. The molecule has 0 amide bonds. The highest BCUT2D eigenvalue weighted by Crippen LogP contribution is 2.22. The van der Waals surface area contributed by atoms with Gasteiger partial charge in [0.1, 0.15) is 10.6 Å². The molecule has 0 atom stereocenters. The highest BCUT2D eigenvalue weighted by molar-refractivity contribution is 7.10. The molecule has 7 nitrogen and oxygen atoms in total. The van der Waals surface area contributed by atoms with E-state index in [9.17, 15) is 9.59 Å². The number of nitrogen functional groups attached to an aromatic ring is 1. The largest absolute Gasteiger partial charge is 0.454 e. The summed E-state index contributed by atoms with van der Waals surface area (Å²) in [5.74, 6) is -0.875. The molecule has 0 bridgehead atoms. The quantitative estimate of drug-likeness (QED) is 0.606. The second-order valence-corrected chi connectivity index (χ2v) is 6.24. The minimum atomic E-state index is -0.625. The van der Waals surface area contributed by atoms with Crippen molar-refractivity contribution in [2.24, 2.45) is 0 Å². The Morgan fingerprint density at radius 2 is 2.04 bits per heavy atom. The van der Waals surface area contributed by atoms with Crippen molar-refractivity contribution < 1.29 is 19.1 Å². The van der Waals surface area contributed by atoms with Crippen molar-refractivity contribution in [2.45, 2.75) is 27.3 Å². The summed E-state index contributed by atoms with van der Waals surface area (Å²) in [6, 6.07) is 1.80. The molecule has 0 saturated carbocycles. The van der Waals surface area contributed by atoms with E-state index in [1.807, 2.05) is 18.4 Å². The number of aromatic nitrogens is 2. The molecule has 0 aliphatic carbocycles. The van der Waals surface area contributed by atoms with Crippen molar-refractivity contribution in [1.82, 2.24) is 8.94 Å². The van der Waals surface area contributed by atoms with Gasteiger partial charge in [0, 0.05) is 30.6 Å². The molecule has 0 aliphatic heterocycles. The van der Waals surface area contributed by atoms with Crippen LogP contribution in [0.25, 0.3) is 0 Å². The number of Topliss-reactive ketones (excluding diaryl/α,β-unsaturated/α-hetero) is 1. The van der Waals surface area contributed by atoms with Gasteiger partial charge in [-0.15, -0.1) is 0 Å². The molecule has 2 aromatic rings. The molecule has 0 aromatic carbocycles. The zero-order valence-electron chi connectivity index (χ0n) is 14.2. The number of carbonyl (C=O) groups is 2. The molecule has 0 unspecified atom stereocenters. The predicted molar refractivity (Wildman–Crippen MR) is 91.7 cm³/mol. The second kappa shape index (κ2) is 7.59. The molecular weight excluding hydrogens is 330 g/mol. The van der Waals surface area contributed by atoms with Crippen molar-refractivity contribution in [2.75, 3.05) is 26.1 Å². The number of esters is 1. The first-order valence-corrected chi connectivity index (χ1v) is 8.21. The number of rotatable bonds is 7. The third kappa shape index (κ3) is 3.65. The van der Waals surface area contributed by atoms with Crippen LogP contribution in [0, 0.1) is 20.8 Å². The van der Waals surface area contributed by atoms with Gasteiger partial charge in [-0.25, -0.2) is 4.79 Å². The minimum Gasteiger partial charge on any atom is -0.454 e. The number of nitrogens with two attached hydrogens (primary N) is 1. The molecular formula is C16H21N3O4S. The molecule has 0 fully saturated rings. The summed E-state index contributed by atoms with van der Waals surface area (Å²) >= 11 is 1.03. The van der Waals surface area contributed by atoms with Crippen molar-refractivity contribution in [3.05, 3.63) is 34.3 Å². The maximum absolute atomic E-state index is 12.4. The molecule has 2 rings (SSSR count). The molecule has 130 valence electrons. The lowest BCUT2D eigenvalue weighted by atomic mass is 10.1. The van der Waals surface area contributed by atoms with Gasteiger partial charge in [-0.3, -0.25) is 4.79 Å². The Balaban J connectivity index is 2.07. The van der Waals surface area contributed by atoms with E-state index in [2.05, 4.69) is 4.37 Å². The zero-order valence-corrected chi connectivity index (χ0v) is 15.0. The molecule has 2 N–H and O–H groups in total. The SMILES string of the molecule is COCCn1c(C)cc(C(=O)COC(=O)c2c(C)nsc2N)c1C. The van der Waals surface area contributed by atoms with Gasteiger partial charge in [-0.1, -0.05) is 0 Å². The number of hydrogen-bond acceptors (Lipinski definition) is 7. The Labute approximate surface area is 144 Å². The predicted octanol–water partition coefficient (Wildman–Crippen LogP) is 2.14. The van der Waals surface area contributed by atoms with E-state index in [0.29, 0.717) is 29.4 Å². The summed E-state index contributed by atoms with van der Waals surface area (Å²) in [6.07, 6.45) is 0. The number of anilines is 1. The summed E-state index contributed by atoms with van der Waals surface area (Å²) in [5, 5.41) is 0.294. The van der Waals surface area contributed by atoms with Crippen LogP contribution in [0.5, 0.6) is 0 Å². The number of ether oxygens (including phenoxy) is 2.